The molecule has 1 amide bonds. The lowest BCUT2D eigenvalue weighted by atomic mass is 9.83. The van der Waals surface area contributed by atoms with Crippen molar-refractivity contribution in [3.05, 3.63) is 69.5 Å². The van der Waals surface area contributed by atoms with Crippen LogP contribution in [0.5, 0.6) is 0 Å². The van der Waals surface area contributed by atoms with Gasteiger partial charge in [-0.2, -0.15) is 0 Å². The second-order valence-corrected chi connectivity index (χ2v) is 7.75. The molecule has 1 saturated heterocycles. The van der Waals surface area contributed by atoms with E-state index in [-0.39, 0.29) is 35.9 Å². The van der Waals surface area contributed by atoms with Crippen LogP contribution in [-0.4, -0.2) is 48.5 Å². The number of halogens is 1. The van der Waals surface area contributed by atoms with Crippen molar-refractivity contribution in [3.8, 4) is 0 Å². The van der Waals surface area contributed by atoms with Crippen molar-refractivity contribution in [3.63, 3.8) is 0 Å². The Morgan fingerprint density at radius 2 is 2.10 bits per heavy atom. The largest absolute Gasteiger partial charge is 0.365 e. The number of nitro benzene ring substituents is 1. The zero-order valence-electron chi connectivity index (χ0n) is 16.2. The molecule has 0 radical (unpaired) electrons. The highest BCUT2D eigenvalue weighted by Crippen LogP contribution is 2.37. The third kappa shape index (κ3) is 3.93. The number of hydrogen-bond acceptors (Lipinski definition) is 5. The molecule has 1 fully saturated rings. The maximum absolute atomic E-state index is 13.4. The first-order valence-corrected chi connectivity index (χ1v) is 9.67. The van der Waals surface area contributed by atoms with E-state index in [0.29, 0.717) is 12.0 Å². The molecule has 152 valence electrons. The van der Waals surface area contributed by atoms with Crippen molar-refractivity contribution in [1.29, 1.82) is 0 Å². The van der Waals surface area contributed by atoms with Crippen molar-refractivity contribution >= 4 is 17.3 Å². The molecule has 2 aliphatic rings. The van der Waals surface area contributed by atoms with Gasteiger partial charge in [0.25, 0.3) is 5.69 Å². The van der Waals surface area contributed by atoms with E-state index in [2.05, 4.69) is 15.1 Å². The SMILES string of the molecule is CN1CCN2c3ccc([N+](=O)[O-])cc3C[C@H](C(=O)NCc3cccc(F)c3)[C@@H]2C1. The Morgan fingerprint density at radius 1 is 1.28 bits per heavy atom. The third-order valence-corrected chi connectivity index (χ3v) is 5.80. The van der Waals surface area contributed by atoms with Crippen LogP contribution in [0.4, 0.5) is 15.8 Å². The number of carbonyl (C=O) groups is 1. The van der Waals surface area contributed by atoms with Crippen molar-refractivity contribution in [2.75, 3.05) is 31.6 Å². The van der Waals surface area contributed by atoms with Gasteiger partial charge in [-0.25, -0.2) is 4.39 Å². The highest BCUT2D eigenvalue weighted by molar-refractivity contribution is 5.82. The smallest absolute Gasteiger partial charge is 0.269 e. The highest BCUT2D eigenvalue weighted by atomic mass is 19.1. The van der Waals surface area contributed by atoms with Crippen molar-refractivity contribution < 1.29 is 14.1 Å². The molecule has 0 bridgehead atoms. The lowest BCUT2D eigenvalue weighted by Gasteiger charge is -2.48. The first-order valence-electron chi connectivity index (χ1n) is 9.67. The fraction of sp³-hybridized carbons (Fsp3) is 0.381. The fourth-order valence-electron chi connectivity index (χ4n) is 4.33. The topological polar surface area (TPSA) is 78.7 Å². The minimum Gasteiger partial charge on any atom is -0.365 e. The average Bonchev–Trinajstić information content (AvgIpc) is 2.70. The molecule has 0 spiro atoms. The molecule has 0 aromatic heterocycles. The number of carbonyl (C=O) groups excluding carboxylic acids is 1. The summed E-state index contributed by atoms with van der Waals surface area (Å²) >= 11 is 0. The van der Waals surface area contributed by atoms with Crippen molar-refractivity contribution in [2.24, 2.45) is 5.92 Å². The average molecular weight is 398 g/mol. The molecule has 2 aliphatic heterocycles. The fourth-order valence-corrected chi connectivity index (χ4v) is 4.33. The van der Waals surface area contributed by atoms with Gasteiger partial charge < -0.3 is 15.1 Å². The van der Waals surface area contributed by atoms with Gasteiger partial charge in [-0.3, -0.25) is 14.9 Å². The summed E-state index contributed by atoms with van der Waals surface area (Å²) in [5.74, 6) is -0.784. The first-order chi connectivity index (χ1) is 13.9. The number of nitrogens with one attached hydrogen (secondary N) is 1. The van der Waals surface area contributed by atoms with Crippen LogP contribution in [0.1, 0.15) is 11.1 Å². The number of benzene rings is 2. The number of piperazine rings is 1. The molecule has 1 N–H and O–H groups in total. The van der Waals surface area contributed by atoms with E-state index in [1.807, 2.05) is 7.05 Å². The molecule has 2 atom stereocenters. The van der Waals surface area contributed by atoms with Crippen LogP contribution < -0.4 is 10.2 Å². The molecule has 2 aromatic rings. The van der Waals surface area contributed by atoms with E-state index in [4.69, 9.17) is 0 Å². The minimum atomic E-state index is -0.407. The van der Waals surface area contributed by atoms with Gasteiger partial charge in [0.2, 0.25) is 5.91 Å². The van der Waals surface area contributed by atoms with Gasteiger partial charge in [0, 0.05) is 44.0 Å². The van der Waals surface area contributed by atoms with Gasteiger partial charge in [-0.05, 0) is 42.8 Å². The number of amides is 1. The Bertz CT molecular complexity index is 951. The van der Waals surface area contributed by atoms with E-state index >= 15 is 0 Å². The monoisotopic (exact) mass is 398 g/mol. The number of fused-ring (bicyclic) bond motifs is 3. The number of non-ortho nitro benzene ring substituents is 1. The van der Waals surface area contributed by atoms with Gasteiger partial charge in [-0.15, -0.1) is 0 Å². The highest BCUT2D eigenvalue weighted by Gasteiger charge is 2.41. The number of likely N-dealkylation sites (N-methyl/N-ethyl adjacent to an activating group) is 1. The molecule has 8 heteroatoms. The maximum atomic E-state index is 13.4. The number of anilines is 1. The van der Waals surface area contributed by atoms with Crippen molar-refractivity contribution in [2.45, 2.75) is 19.0 Å². The molecule has 0 saturated carbocycles. The van der Waals surface area contributed by atoms with Crippen LogP contribution in [0.15, 0.2) is 42.5 Å². The van der Waals surface area contributed by atoms with Crippen LogP contribution >= 0.6 is 0 Å². The molecule has 0 unspecified atom stereocenters. The summed E-state index contributed by atoms with van der Waals surface area (Å²) in [7, 11) is 2.03. The molecule has 2 heterocycles. The molecular formula is C21H23FN4O3. The molecule has 0 aliphatic carbocycles. The predicted octanol–water partition coefficient (Wildman–Crippen LogP) is 2.34. The van der Waals surface area contributed by atoms with Gasteiger partial charge in [-0.1, -0.05) is 12.1 Å². The lowest BCUT2D eigenvalue weighted by molar-refractivity contribution is -0.384. The van der Waals surface area contributed by atoms with Gasteiger partial charge in [0.1, 0.15) is 5.82 Å². The van der Waals surface area contributed by atoms with Crippen LogP contribution in [-0.2, 0) is 17.8 Å². The van der Waals surface area contributed by atoms with E-state index in [1.165, 1.54) is 18.2 Å². The van der Waals surface area contributed by atoms with Gasteiger partial charge >= 0.3 is 0 Å². The Morgan fingerprint density at radius 3 is 2.86 bits per heavy atom. The van der Waals surface area contributed by atoms with Crippen molar-refractivity contribution in [1.82, 2.24) is 10.2 Å². The molecule has 4 rings (SSSR count). The maximum Gasteiger partial charge on any atom is 0.269 e. The molecule has 29 heavy (non-hydrogen) atoms. The molecule has 7 nitrogen and oxygen atoms in total. The summed E-state index contributed by atoms with van der Waals surface area (Å²) in [6.07, 6.45) is 0.445. The Hall–Kier alpha value is -3.00. The molecular weight excluding hydrogens is 375 g/mol. The van der Waals surface area contributed by atoms with Crippen LogP contribution in [0.25, 0.3) is 0 Å². The standard InChI is InChI=1S/C21H23FN4O3/c1-24-7-8-25-19-6-5-17(26(28)29)10-15(19)11-18(20(25)13-24)21(27)23-12-14-3-2-4-16(22)9-14/h2-6,9-10,18,20H,7-8,11-13H2,1H3,(H,23,27)/t18-,20-/m0/s1. The Balaban J connectivity index is 1.58. The quantitative estimate of drug-likeness (QED) is 0.632. The van der Waals surface area contributed by atoms with Gasteiger partial charge in [0.15, 0.2) is 0 Å². The second-order valence-electron chi connectivity index (χ2n) is 7.75. The van der Waals surface area contributed by atoms with Crippen LogP contribution in [0, 0.1) is 21.8 Å². The zero-order valence-corrected chi connectivity index (χ0v) is 16.2. The van der Waals surface area contributed by atoms with Gasteiger partial charge in [0.05, 0.1) is 16.9 Å². The van der Waals surface area contributed by atoms with Crippen LogP contribution in [0.2, 0.25) is 0 Å². The second kappa shape index (κ2) is 7.79. The Kier molecular flexibility index (Phi) is 5.19. The zero-order chi connectivity index (χ0) is 20.5. The Labute approximate surface area is 168 Å². The third-order valence-electron chi connectivity index (χ3n) is 5.80. The summed E-state index contributed by atoms with van der Waals surface area (Å²) in [5, 5.41) is 14.1. The normalized spacial score (nSPS) is 21.2. The molecule has 2 aromatic carbocycles. The first kappa shape index (κ1) is 19.3. The number of nitrogens with zero attached hydrogens (tertiary/aromatic N) is 3. The minimum absolute atomic E-state index is 0.00443. The predicted molar refractivity (Wildman–Crippen MR) is 107 cm³/mol. The van der Waals surface area contributed by atoms with E-state index < -0.39 is 4.92 Å². The summed E-state index contributed by atoms with van der Waals surface area (Å²) in [6, 6.07) is 11.1. The summed E-state index contributed by atoms with van der Waals surface area (Å²) in [6.45, 7) is 2.62. The van der Waals surface area contributed by atoms with E-state index in [9.17, 15) is 19.3 Å². The van der Waals surface area contributed by atoms with E-state index in [1.54, 1.807) is 24.3 Å². The number of hydrogen-bond donors (Lipinski definition) is 1. The summed E-state index contributed by atoms with van der Waals surface area (Å²) in [5.41, 5.74) is 2.53. The number of nitro groups is 1. The lowest BCUT2D eigenvalue weighted by Crippen LogP contribution is -2.60. The summed E-state index contributed by atoms with van der Waals surface area (Å²) in [4.78, 5) is 28.2. The van der Waals surface area contributed by atoms with E-state index in [0.717, 1.165) is 30.9 Å². The summed E-state index contributed by atoms with van der Waals surface area (Å²) < 4.78 is 13.4. The number of rotatable bonds is 4. The van der Waals surface area contributed by atoms with Crippen LogP contribution in [0.3, 0.4) is 0 Å².